The van der Waals surface area contributed by atoms with Crippen molar-refractivity contribution in [3.8, 4) is 0 Å². The summed E-state index contributed by atoms with van der Waals surface area (Å²) in [5, 5.41) is 0. The summed E-state index contributed by atoms with van der Waals surface area (Å²) >= 11 is 0. The van der Waals surface area contributed by atoms with Crippen LogP contribution >= 0.6 is 0 Å². The molecule has 0 saturated heterocycles. The van der Waals surface area contributed by atoms with Crippen LogP contribution in [0.5, 0.6) is 0 Å². The maximum absolute atomic E-state index is 12.7. The molecule has 0 heterocycles. The fourth-order valence-corrected chi connectivity index (χ4v) is 0.927. The highest BCUT2D eigenvalue weighted by atomic mass is 19.4. The van der Waals surface area contributed by atoms with Crippen LogP contribution in [0.2, 0.25) is 0 Å². The highest BCUT2D eigenvalue weighted by Gasteiger charge is 2.37. The van der Waals surface area contributed by atoms with Crippen molar-refractivity contribution < 1.29 is 22.0 Å². The molecule has 0 unspecified atom stereocenters. The number of anilines is 1. The number of halogens is 5. The highest BCUT2D eigenvalue weighted by molar-refractivity contribution is 5.45. The molecule has 0 atom stereocenters. The Morgan fingerprint density at radius 2 is 1.50 bits per heavy atom. The van der Waals surface area contributed by atoms with Gasteiger partial charge in [-0.2, -0.15) is 13.2 Å². The molecular weight excluding hydrogens is 207 g/mol. The Morgan fingerprint density at radius 3 is 1.79 bits per heavy atom. The minimum Gasteiger partial charge on any atom is -0.324 e. The van der Waals surface area contributed by atoms with Gasteiger partial charge in [-0.05, 0) is 12.1 Å². The van der Waals surface area contributed by atoms with Crippen LogP contribution in [-0.4, -0.2) is 0 Å². The number of hydrazine groups is 1. The van der Waals surface area contributed by atoms with Gasteiger partial charge in [0, 0.05) is 0 Å². The van der Waals surface area contributed by atoms with Crippen molar-refractivity contribution in [1.29, 1.82) is 0 Å². The van der Waals surface area contributed by atoms with Crippen molar-refractivity contribution in [2.75, 3.05) is 5.43 Å². The van der Waals surface area contributed by atoms with Gasteiger partial charge in [0.2, 0.25) is 0 Å². The Labute approximate surface area is 75.5 Å². The van der Waals surface area contributed by atoms with E-state index in [1.165, 1.54) is 0 Å². The number of nitrogens with two attached hydrogens (primary N) is 1. The first-order chi connectivity index (χ1) is 6.36. The van der Waals surface area contributed by atoms with Crippen LogP contribution in [-0.2, 0) is 6.18 Å². The molecule has 78 valence electrons. The van der Waals surface area contributed by atoms with Gasteiger partial charge in [-0.1, -0.05) is 0 Å². The molecule has 0 bridgehead atoms. The second-order valence-electron chi connectivity index (χ2n) is 2.46. The average molecular weight is 212 g/mol. The molecule has 0 fully saturated rings. The third-order valence-corrected chi connectivity index (χ3v) is 1.49. The Bertz CT molecular complexity index is 323. The van der Waals surface area contributed by atoms with Gasteiger partial charge in [-0.3, -0.25) is 5.84 Å². The summed E-state index contributed by atoms with van der Waals surface area (Å²) in [5.41, 5.74) is -0.350. The molecule has 0 aliphatic heterocycles. The zero-order valence-corrected chi connectivity index (χ0v) is 6.62. The summed E-state index contributed by atoms with van der Waals surface area (Å²) < 4.78 is 61.5. The molecule has 3 N–H and O–H groups in total. The van der Waals surface area contributed by atoms with E-state index in [0.717, 1.165) is 0 Å². The Balaban J connectivity index is 3.33. The lowest BCUT2D eigenvalue weighted by molar-refractivity contribution is -0.142. The number of nitrogen functional groups attached to an aromatic ring is 1. The van der Waals surface area contributed by atoms with Crippen LogP contribution in [0.25, 0.3) is 0 Å². The van der Waals surface area contributed by atoms with Gasteiger partial charge < -0.3 is 5.43 Å². The lowest BCUT2D eigenvalue weighted by Gasteiger charge is -2.10. The van der Waals surface area contributed by atoms with Gasteiger partial charge in [0.15, 0.2) is 0 Å². The van der Waals surface area contributed by atoms with Crippen LogP contribution in [0, 0.1) is 11.6 Å². The molecule has 1 aromatic carbocycles. The number of hydrogen-bond acceptors (Lipinski definition) is 2. The lowest BCUT2D eigenvalue weighted by atomic mass is 10.1. The highest BCUT2D eigenvalue weighted by Crippen LogP contribution is 2.34. The largest absolute Gasteiger partial charge is 0.422 e. The first-order valence-electron chi connectivity index (χ1n) is 3.39. The normalized spacial score (nSPS) is 11.6. The van der Waals surface area contributed by atoms with E-state index < -0.39 is 23.4 Å². The van der Waals surface area contributed by atoms with Crippen LogP contribution in [0.4, 0.5) is 27.6 Å². The molecule has 0 radical (unpaired) electrons. The van der Waals surface area contributed by atoms with Crippen molar-refractivity contribution in [2.45, 2.75) is 6.18 Å². The fraction of sp³-hybridized carbons (Fsp3) is 0.143. The monoisotopic (exact) mass is 212 g/mol. The van der Waals surface area contributed by atoms with Gasteiger partial charge >= 0.3 is 6.18 Å². The van der Waals surface area contributed by atoms with Gasteiger partial charge in [0.25, 0.3) is 0 Å². The summed E-state index contributed by atoms with van der Waals surface area (Å²) in [6, 6.07) is 0.928. The molecule has 2 nitrogen and oxygen atoms in total. The molecular formula is C7H5F5N2. The topological polar surface area (TPSA) is 38.0 Å². The maximum Gasteiger partial charge on any atom is 0.422 e. The standard InChI is InChI=1S/C7H5F5N2/c8-4-1-3(14-13)2-5(9)6(4)7(10,11)12/h1-2,14H,13H2. The van der Waals surface area contributed by atoms with E-state index in [-0.39, 0.29) is 5.69 Å². The summed E-state index contributed by atoms with van der Waals surface area (Å²) in [4.78, 5) is 0. The van der Waals surface area contributed by atoms with Crippen molar-refractivity contribution in [1.82, 2.24) is 0 Å². The van der Waals surface area contributed by atoms with E-state index in [4.69, 9.17) is 5.84 Å². The molecule has 0 aliphatic rings. The number of benzene rings is 1. The number of rotatable bonds is 1. The first kappa shape index (κ1) is 10.7. The van der Waals surface area contributed by atoms with E-state index in [1.54, 1.807) is 0 Å². The smallest absolute Gasteiger partial charge is 0.324 e. The summed E-state index contributed by atoms with van der Waals surface area (Å²) in [5.74, 6) is 1.38. The second kappa shape index (κ2) is 3.41. The minimum atomic E-state index is -5.05. The zero-order chi connectivity index (χ0) is 10.9. The van der Waals surface area contributed by atoms with Gasteiger partial charge in [0.1, 0.15) is 17.2 Å². The molecule has 14 heavy (non-hydrogen) atoms. The quantitative estimate of drug-likeness (QED) is 0.425. The molecule has 1 aromatic rings. The Hall–Kier alpha value is -1.37. The number of alkyl halides is 3. The number of hydrogen-bond donors (Lipinski definition) is 2. The Morgan fingerprint density at radius 1 is 1.07 bits per heavy atom. The minimum absolute atomic E-state index is 0.270. The third-order valence-electron chi connectivity index (χ3n) is 1.49. The maximum atomic E-state index is 12.7. The fourth-order valence-electron chi connectivity index (χ4n) is 0.927. The van der Waals surface area contributed by atoms with Crippen molar-refractivity contribution in [3.63, 3.8) is 0 Å². The third kappa shape index (κ3) is 1.92. The van der Waals surface area contributed by atoms with Crippen LogP contribution in [0.3, 0.4) is 0 Å². The summed E-state index contributed by atoms with van der Waals surface area (Å²) in [6.45, 7) is 0. The summed E-state index contributed by atoms with van der Waals surface area (Å²) in [6.07, 6.45) is -5.05. The Kier molecular flexibility index (Phi) is 2.61. The second-order valence-corrected chi connectivity index (χ2v) is 2.46. The van der Waals surface area contributed by atoms with Crippen LogP contribution < -0.4 is 11.3 Å². The van der Waals surface area contributed by atoms with Crippen molar-refractivity contribution in [2.24, 2.45) is 5.84 Å². The SMILES string of the molecule is NNc1cc(F)c(C(F)(F)F)c(F)c1. The molecule has 0 spiro atoms. The molecule has 0 saturated carbocycles. The molecule has 0 aromatic heterocycles. The predicted octanol–water partition coefficient (Wildman–Crippen LogP) is 2.27. The van der Waals surface area contributed by atoms with E-state index in [9.17, 15) is 22.0 Å². The first-order valence-corrected chi connectivity index (χ1v) is 3.39. The molecule has 0 aliphatic carbocycles. The van der Waals surface area contributed by atoms with Crippen LogP contribution in [0.15, 0.2) is 12.1 Å². The van der Waals surface area contributed by atoms with Crippen molar-refractivity contribution in [3.05, 3.63) is 29.3 Å². The molecule has 1 rings (SSSR count). The molecule has 0 amide bonds. The van der Waals surface area contributed by atoms with Crippen molar-refractivity contribution >= 4 is 5.69 Å². The van der Waals surface area contributed by atoms with Gasteiger partial charge in [-0.15, -0.1) is 0 Å². The predicted molar refractivity (Wildman–Crippen MR) is 39.2 cm³/mol. The van der Waals surface area contributed by atoms with E-state index in [1.807, 2.05) is 5.43 Å². The molecule has 7 heteroatoms. The zero-order valence-electron chi connectivity index (χ0n) is 6.62. The number of nitrogens with one attached hydrogen (secondary N) is 1. The van der Waals surface area contributed by atoms with E-state index >= 15 is 0 Å². The summed E-state index contributed by atoms with van der Waals surface area (Å²) in [7, 11) is 0. The van der Waals surface area contributed by atoms with Gasteiger partial charge in [0.05, 0.1) is 5.69 Å². The average Bonchev–Trinajstić information content (AvgIpc) is 1.99. The van der Waals surface area contributed by atoms with E-state index in [2.05, 4.69) is 0 Å². The van der Waals surface area contributed by atoms with Gasteiger partial charge in [-0.25, -0.2) is 8.78 Å². The van der Waals surface area contributed by atoms with Crippen LogP contribution in [0.1, 0.15) is 5.56 Å². The van der Waals surface area contributed by atoms with E-state index in [0.29, 0.717) is 12.1 Å². The lowest BCUT2D eigenvalue weighted by Crippen LogP contribution is -2.14.